The van der Waals surface area contributed by atoms with Crippen LogP contribution in [0.5, 0.6) is 0 Å². The maximum Gasteiger partial charge on any atom is 0.303 e. The third-order valence-corrected chi connectivity index (χ3v) is 11.7. The molecule has 0 bridgehead atoms. The molecule has 1 aliphatic carbocycles. The Morgan fingerprint density at radius 3 is 1.33 bits per heavy atom. The molecule has 7 rings (SSSR count). The minimum atomic E-state index is -0.459. The highest BCUT2D eigenvalue weighted by Gasteiger charge is 2.43. The van der Waals surface area contributed by atoms with Gasteiger partial charge in [0.05, 0.1) is 60.2 Å². The number of fused-ring (bicyclic) bond motifs is 5. The van der Waals surface area contributed by atoms with Crippen molar-refractivity contribution in [1.29, 1.82) is 0 Å². The molecular formula is C51H58N4O8. The molecule has 63 heavy (non-hydrogen) atoms. The second-order valence-electron chi connectivity index (χ2n) is 16.4. The van der Waals surface area contributed by atoms with Gasteiger partial charge in [-0.3, -0.25) is 9.59 Å². The molecule has 1 aliphatic rings. The van der Waals surface area contributed by atoms with Crippen molar-refractivity contribution in [1.82, 2.24) is 9.97 Å². The van der Waals surface area contributed by atoms with Crippen LogP contribution >= 0.6 is 0 Å². The van der Waals surface area contributed by atoms with Gasteiger partial charge in [-0.05, 0) is 106 Å². The molecule has 0 amide bonds. The standard InChI is InChI=1S/C51H58N4O8/c1-33(56)62-31-41-13-9-37-25-39(29-47(54(3)4)49(37)52-41)35-11-15-43-44-16-12-36(40-26-38-10-14-42(32-63-34(2)57)53-50(38)48(30-40)55(5)6)28-46(44)51(45(43)27-35,17-19-60-23-21-58-7)18-20-61-24-22-59-8/h9-16,25-30H,17-24,31-32H2,1-8H3. The molecule has 2 aromatic heterocycles. The zero-order valence-electron chi connectivity index (χ0n) is 37.7. The average Bonchev–Trinajstić information content (AvgIpc) is 3.54. The SMILES string of the molecule is COCCOCCC1(CCOCCOC)c2cc(-c3cc(N(C)C)c4nc(COC(C)=O)ccc4c3)ccc2-c2ccc(-c3cc(N(C)C)c4nc(COC(C)=O)ccc4c3)cc21. The van der Waals surface area contributed by atoms with Crippen LogP contribution in [-0.2, 0) is 56.6 Å². The van der Waals surface area contributed by atoms with Crippen LogP contribution in [0.25, 0.3) is 55.2 Å². The average molecular weight is 855 g/mol. The van der Waals surface area contributed by atoms with Gasteiger partial charge < -0.3 is 38.2 Å². The van der Waals surface area contributed by atoms with Gasteiger partial charge >= 0.3 is 11.9 Å². The summed E-state index contributed by atoms with van der Waals surface area (Å²) in [7, 11) is 11.5. The van der Waals surface area contributed by atoms with Crippen LogP contribution in [0.4, 0.5) is 11.4 Å². The number of anilines is 2. The number of ether oxygens (including phenoxy) is 6. The Kier molecular flexibility index (Phi) is 14.4. The first kappa shape index (κ1) is 45.1. The molecule has 2 heterocycles. The topological polar surface area (TPSA) is 122 Å². The monoisotopic (exact) mass is 854 g/mol. The normalized spacial score (nSPS) is 12.6. The van der Waals surface area contributed by atoms with Gasteiger partial charge in [0.15, 0.2) is 0 Å². The number of aromatic nitrogens is 2. The maximum absolute atomic E-state index is 11.6. The molecule has 12 heteroatoms. The van der Waals surface area contributed by atoms with Gasteiger partial charge in [-0.25, -0.2) is 9.97 Å². The number of benzene rings is 4. The zero-order chi connectivity index (χ0) is 44.7. The zero-order valence-corrected chi connectivity index (χ0v) is 37.7. The number of rotatable bonds is 20. The van der Waals surface area contributed by atoms with E-state index in [2.05, 4.69) is 70.5 Å². The van der Waals surface area contributed by atoms with Crippen molar-refractivity contribution in [2.75, 3.05) is 91.9 Å². The summed E-state index contributed by atoms with van der Waals surface area (Å²) >= 11 is 0. The molecule has 0 unspecified atom stereocenters. The number of carbonyl (C=O) groups excluding carboxylic acids is 2. The van der Waals surface area contributed by atoms with Crippen LogP contribution in [0.2, 0.25) is 0 Å². The van der Waals surface area contributed by atoms with E-state index in [1.54, 1.807) is 14.2 Å². The highest BCUT2D eigenvalue weighted by atomic mass is 16.5. The first-order valence-corrected chi connectivity index (χ1v) is 21.3. The van der Waals surface area contributed by atoms with Crippen molar-refractivity contribution in [3.63, 3.8) is 0 Å². The van der Waals surface area contributed by atoms with Crippen LogP contribution < -0.4 is 9.80 Å². The number of hydrogen-bond acceptors (Lipinski definition) is 12. The summed E-state index contributed by atoms with van der Waals surface area (Å²) in [6, 6.07) is 30.4. The van der Waals surface area contributed by atoms with Crippen LogP contribution in [0.3, 0.4) is 0 Å². The minimum absolute atomic E-state index is 0.119. The van der Waals surface area contributed by atoms with E-state index in [1.165, 1.54) is 36.1 Å². The Bertz CT molecular complexity index is 2430. The molecule has 4 aromatic carbocycles. The summed E-state index contributed by atoms with van der Waals surface area (Å²) in [5.41, 5.74) is 13.7. The van der Waals surface area contributed by atoms with E-state index < -0.39 is 5.41 Å². The van der Waals surface area contributed by atoms with Crippen LogP contribution in [0.15, 0.2) is 84.9 Å². The van der Waals surface area contributed by atoms with E-state index >= 15 is 0 Å². The van der Waals surface area contributed by atoms with Gasteiger partial charge in [-0.1, -0.05) is 36.4 Å². The van der Waals surface area contributed by atoms with Crippen LogP contribution in [0.1, 0.15) is 49.2 Å². The van der Waals surface area contributed by atoms with E-state index in [0.717, 1.165) is 68.3 Å². The van der Waals surface area contributed by atoms with Crippen LogP contribution in [0, 0.1) is 0 Å². The number of hydrogen-bond donors (Lipinski definition) is 0. The second-order valence-corrected chi connectivity index (χ2v) is 16.4. The Hall–Kier alpha value is -5.92. The van der Waals surface area contributed by atoms with Crippen molar-refractivity contribution in [2.24, 2.45) is 0 Å². The van der Waals surface area contributed by atoms with E-state index in [-0.39, 0.29) is 25.2 Å². The number of carbonyl (C=O) groups is 2. The van der Waals surface area contributed by atoms with Crippen molar-refractivity contribution in [3.8, 4) is 33.4 Å². The molecule has 0 fully saturated rings. The maximum atomic E-state index is 11.6. The summed E-state index contributed by atoms with van der Waals surface area (Å²) in [5, 5.41) is 1.98. The summed E-state index contributed by atoms with van der Waals surface area (Å²) in [6.07, 6.45) is 1.45. The Labute approximate surface area is 370 Å². The molecule has 0 atom stereocenters. The van der Waals surface area contributed by atoms with Gasteiger partial charge in [0.2, 0.25) is 0 Å². The lowest BCUT2D eigenvalue weighted by atomic mass is 9.72. The number of nitrogens with zero attached hydrogens (tertiary/aromatic N) is 4. The van der Waals surface area contributed by atoms with Crippen molar-refractivity contribution in [2.45, 2.75) is 45.3 Å². The fraction of sp³-hybridized carbons (Fsp3) is 0.373. The summed E-state index contributed by atoms with van der Waals surface area (Å²) in [5.74, 6) is -0.681. The van der Waals surface area contributed by atoms with Gasteiger partial charge in [0.25, 0.3) is 0 Å². The third-order valence-electron chi connectivity index (χ3n) is 11.7. The molecule has 12 nitrogen and oxygen atoms in total. The molecule has 0 saturated heterocycles. The van der Waals surface area contributed by atoms with Crippen molar-refractivity contribution >= 4 is 45.1 Å². The summed E-state index contributed by atoms with van der Waals surface area (Å²) in [4.78, 5) is 37.1. The van der Waals surface area contributed by atoms with Gasteiger partial charge in [0, 0.05) is 85.7 Å². The van der Waals surface area contributed by atoms with Gasteiger partial charge in [-0.15, -0.1) is 0 Å². The Morgan fingerprint density at radius 2 is 0.952 bits per heavy atom. The van der Waals surface area contributed by atoms with E-state index in [9.17, 15) is 9.59 Å². The Balaban J connectivity index is 1.36. The van der Waals surface area contributed by atoms with E-state index in [4.69, 9.17) is 38.4 Å². The fourth-order valence-corrected chi connectivity index (χ4v) is 8.54. The highest BCUT2D eigenvalue weighted by molar-refractivity contribution is 5.98. The summed E-state index contributed by atoms with van der Waals surface area (Å²) < 4.78 is 33.7. The quantitative estimate of drug-likeness (QED) is 0.0539. The first-order valence-electron chi connectivity index (χ1n) is 21.3. The van der Waals surface area contributed by atoms with Gasteiger partial charge in [-0.2, -0.15) is 0 Å². The molecule has 0 spiro atoms. The van der Waals surface area contributed by atoms with E-state index in [1.807, 2.05) is 52.5 Å². The lowest BCUT2D eigenvalue weighted by Gasteiger charge is -2.33. The molecule has 6 aromatic rings. The Morgan fingerprint density at radius 1 is 0.524 bits per heavy atom. The van der Waals surface area contributed by atoms with Crippen molar-refractivity contribution in [3.05, 3.63) is 107 Å². The summed E-state index contributed by atoms with van der Waals surface area (Å²) in [6.45, 7) is 6.13. The predicted molar refractivity (Wildman–Crippen MR) is 248 cm³/mol. The lowest BCUT2D eigenvalue weighted by Crippen LogP contribution is -2.30. The van der Waals surface area contributed by atoms with Crippen LogP contribution in [-0.4, -0.2) is 104 Å². The number of pyridine rings is 2. The first-order chi connectivity index (χ1) is 30.4. The predicted octanol–water partition coefficient (Wildman–Crippen LogP) is 8.75. The highest BCUT2D eigenvalue weighted by Crippen LogP contribution is 2.55. The second kappa shape index (κ2) is 20.1. The smallest absolute Gasteiger partial charge is 0.303 e. The largest absolute Gasteiger partial charge is 0.459 e. The molecule has 0 aliphatic heterocycles. The lowest BCUT2D eigenvalue weighted by molar-refractivity contribution is -0.143. The number of methoxy groups -OCH3 is 2. The molecule has 0 saturated carbocycles. The molecule has 0 N–H and O–H groups in total. The molecule has 0 radical (unpaired) electrons. The number of esters is 2. The fourth-order valence-electron chi connectivity index (χ4n) is 8.54. The third kappa shape index (κ3) is 10.00. The van der Waals surface area contributed by atoms with Gasteiger partial charge in [0.1, 0.15) is 13.2 Å². The molecule has 330 valence electrons. The van der Waals surface area contributed by atoms with E-state index in [0.29, 0.717) is 51.0 Å². The molecular weight excluding hydrogens is 797 g/mol. The van der Waals surface area contributed by atoms with Crippen molar-refractivity contribution < 1.29 is 38.0 Å². The minimum Gasteiger partial charge on any atom is -0.459 e.